The van der Waals surface area contributed by atoms with E-state index in [0.717, 1.165) is 18.4 Å². The molecular weight excluding hydrogens is 242 g/mol. The van der Waals surface area contributed by atoms with Crippen LogP contribution in [-0.4, -0.2) is 17.6 Å². The third-order valence-electron chi connectivity index (χ3n) is 3.08. The van der Waals surface area contributed by atoms with Crippen molar-refractivity contribution in [2.45, 2.75) is 25.7 Å². The van der Waals surface area contributed by atoms with Gasteiger partial charge in [0.1, 0.15) is 5.69 Å². The quantitative estimate of drug-likeness (QED) is 0.788. The van der Waals surface area contributed by atoms with Gasteiger partial charge in [0.2, 0.25) is 5.76 Å². The van der Waals surface area contributed by atoms with Gasteiger partial charge in [0, 0.05) is 11.5 Å². The highest BCUT2D eigenvalue weighted by Crippen LogP contribution is 2.41. The summed E-state index contributed by atoms with van der Waals surface area (Å²) in [5.41, 5.74) is 1.46. The molecule has 0 atom stereocenters. The summed E-state index contributed by atoms with van der Waals surface area (Å²) in [4.78, 5) is 16.4. The number of nitrogens with zero attached hydrogens (tertiary/aromatic N) is 1. The third kappa shape index (κ3) is 2.38. The van der Waals surface area contributed by atoms with Gasteiger partial charge in [-0.15, -0.1) is 0 Å². The van der Waals surface area contributed by atoms with Crippen molar-refractivity contribution in [2.75, 3.05) is 6.61 Å². The number of rotatable bonds is 4. The third-order valence-corrected chi connectivity index (χ3v) is 3.08. The number of ether oxygens (including phenoxy) is 1. The highest BCUT2D eigenvalue weighted by Gasteiger charge is 2.32. The number of carbonyl (C=O) groups excluding carboxylic acids is 1. The van der Waals surface area contributed by atoms with Crippen molar-refractivity contribution in [1.29, 1.82) is 0 Å². The topological polar surface area (TPSA) is 52.3 Å². The molecule has 0 spiro atoms. The fourth-order valence-electron chi connectivity index (χ4n) is 1.97. The number of carbonyl (C=O) groups is 1. The van der Waals surface area contributed by atoms with Gasteiger partial charge in [-0.1, -0.05) is 30.3 Å². The van der Waals surface area contributed by atoms with E-state index in [4.69, 9.17) is 9.15 Å². The Morgan fingerprint density at radius 3 is 2.74 bits per heavy atom. The first-order chi connectivity index (χ1) is 9.29. The molecule has 19 heavy (non-hydrogen) atoms. The molecule has 0 amide bonds. The molecule has 0 saturated heterocycles. The Morgan fingerprint density at radius 2 is 2.11 bits per heavy atom. The predicted octanol–water partition coefficient (Wildman–Crippen LogP) is 3.40. The Morgan fingerprint density at radius 1 is 1.37 bits per heavy atom. The van der Waals surface area contributed by atoms with E-state index in [2.05, 4.69) is 4.98 Å². The van der Waals surface area contributed by atoms with E-state index in [1.165, 1.54) is 0 Å². The van der Waals surface area contributed by atoms with Gasteiger partial charge in [-0.25, -0.2) is 9.78 Å². The smallest absolute Gasteiger partial charge is 0.376 e. The molecule has 1 fully saturated rings. The lowest BCUT2D eigenvalue weighted by molar-refractivity contribution is 0.0489. The van der Waals surface area contributed by atoms with Crippen LogP contribution in [0.2, 0.25) is 0 Å². The summed E-state index contributed by atoms with van der Waals surface area (Å²) in [6.45, 7) is 2.10. The summed E-state index contributed by atoms with van der Waals surface area (Å²) in [7, 11) is 0. The van der Waals surface area contributed by atoms with Crippen LogP contribution in [0, 0.1) is 0 Å². The monoisotopic (exact) mass is 257 g/mol. The van der Waals surface area contributed by atoms with E-state index in [1.807, 2.05) is 30.3 Å². The second kappa shape index (κ2) is 4.88. The van der Waals surface area contributed by atoms with Crippen LogP contribution < -0.4 is 0 Å². The average Bonchev–Trinajstić information content (AvgIpc) is 3.19. The van der Waals surface area contributed by atoms with E-state index < -0.39 is 5.97 Å². The summed E-state index contributed by atoms with van der Waals surface area (Å²) >= 11 is 0. The minimum Gasteiger partial charge on any atom is -0.460 e. The average molecular weight is 257 g/mol. The highest BCUT2D eigenvalue weighted by atomic mass is 16.5. The van der Waals surface area contributed by atoms with E-state index >= 15 is 0 Å². The molecule has 0 aliphatic heterocycles. The van der Waals surface area contributed by atoms with Crippen LogP contribution in [0.3, 0.4) is 0 Å². The minimum atomic E-state index is -0.444. The molecule has 3 rings (SSSR count). The van der Waals surface area contributed by atoms with Crippen LogP contribution >= 0.6 is 0 Å². The van der Waals surface area contributed by atoms with Gasteiger partial charge in [0.05, 0.1) is 6.61 Å². The fraction of sp³-hybridized carbons (Fsp3) is 0.333. The molecule has 1 aliphatic rings. The number of benzene rings is 1. The van der Waals surface area contributed by atoms with Gasteiger partial charge in [-0.3, -0.25) is 0 Å². The Balaban J connectivity index is 2.03. The molecule has 4 nitrogen and oxygen atoms in total. The molecule has 1 aromatic carbocycles. The van der Waals surface area contributed by atoms with Crippen LogP contribution in [0.15, 0.2) is 34.7 Å². The summed E-state index contributed by atoms with van der Waals surface area (Å²) in [6, 6.07) is 9.58. The zero-order chi connectivity index (χ0) is 13.2. The van der Waals surface area contributed by atoms with Crippen molar-refractivity contribution < 1.29 is 13.9 Å². The molecule has 0 radical (unpaired) electrons. The molecule has 1 heterocycles. The van der Waals surface area contributed by atoms with E-state index in [1.54, 1.807) is 6.92 Å². The lowest BCUT2D eigenvalue weighted by Crippen LogP contribution is -2.04. The molecule has 1 saturated carbocycles. The van der Waals surface area contributed by atoms with Crippen LogP contribution in [0.25, 0.3) is 11.3 Å². The summed E-state index contributed by atoms with van der Waals surface area (Å²) in [5.74, 6) is 0.795. The van der Waals surface area contributed by atoms with Crippen molar-refractivity contribution in [3.8, 4) is 11.3 Å². The Kier molecular flexibility index (Phi) is 3.07. The van der Waals surface area contributed by atoms with Crippen LogP contribution in [0.1, 0.15) is 42.1 Å². The molecule has 2 aromatic rings. The summed E-state index contributed by atoms with van der Waals surface area (Å²) in [6.07, 6.45) is 2.16. The summed E-state index contributed by atoms with van der Waals surface area (Å²) in [5, 5.41) is 0. The lowest BCUT2D eigenvalue weighted by atomic mass is 10.1. The molecule has 4 heteroatoms. The van der Waals surface area contributed by atoms with Crippen LogP contribution in [0.4, 0.5) is 0 Å². The van der Waals surface area contributed by atoms with Crippen LogP contribution in [0.5, 0.6) is 0 Å². The maximum Gasteiger partial charge on any atom is 0.376 e. The Bertz CT molecular complexity index is 585. The first kappa shape index (κ1) is 12.0. The number of aromatic nitrogens is 1. The van der Waals surface area contributed by atoms with Gasteiger partial charge in [0.25, 0.3) is 0 Å². The minimum absolute atomic E-state index is 0.218. The molecule has 1 aromatic heterocycles. The lowest BCUT2D eigenvalue weighted by Gasteiger charge is -2.00. The zero-order valence-electron chi connectivity index (χ0n) is 10.8. The Hall–Kier alpha value is -2.10. The first-order valence-electron chi connectivity index (χ1n) is 6.53. The van der Waals surface area contributed by atoms with Gasteiger partial charge in [0.15, 0.2) is 5.89 Å². The van der Waals surface area contributed by atoms with Gasteiger partial charge in [-0.2, -0.15) is 0 Å². The molecule has 0 unspecified atom stereocenters. The van der Waals surface area contributed by atoms with E-state index in [0.29, 0.717) is 24.1 Å². The molecule has 0 bridgehead atoms. The maximum absolute atomic E-state index is 11.9. The molecule has 0 N–H and O–H groups in total. The second-order valence-corrected chi connectivity index (χ2v) is 4.59. The fourth-order valence-corrected chi connectivity index (χ4v) is 1.97. The number of esters is 1. The SMILES string of the molecule is CCOC(=O)c1oc(C2CC2)nc1-c1ccccc1. The molecule has 98 valence electrons. The van der Waals surface area contributed by atoms with Crippen molar-refractivity contribution in [1.82, 2.24) is 4.98 Å². The predicted molar refractivity (Wildman–Crippen MR) is 69.9 cm³/mol. The first-order valence-corrected chi connectivity index (χ1v) is 6.53. The molecule has 1 aliphatic carbocycles. The highest BCUT2D eigenvalue weighted by molar-refractivity contribution is 5.93. The van der Waals surface area contributed by atoms with Crippen molar-refractivity contribution in [3.05, 3.63) is 42.0 Å². The van der Waals surface area contributed by atoms with Crippen molar-refractivity contribution in [3.63, 3.8) is 0 Å². The number of hydrogen-bond acceptors (Lipinski definition) is 4. The van der Waals surface area contributed by atoms with E-state index in [-0.39, 0.29) is 5.76 Å². The van der Waals surface area contributed by atoms with E-state index in [9.17, 15) is 4.79 Å². The second-order valence-electron chi connectivity index (χ2n) is 4.59. The van der Waals surface area contributed by atoms with Gasteiger partial charge in [-0.05, 0) is 19.8 Å². The number of hydrogen-bond donors (Lipinski definition) is 0. The van der Waals surface area contributed by atoms with Crippen molar-refractivity contribution >= 4 is 5.97 Å². The largest absolute Gasteiger partial charge is 0.460 e. The zero-order valence-corrected chi connectivity index (χ0v) is 10.8. The normalized spacial score (nSPS) is 14.4. The van der Waals surface area contributed by atoms with Gasteiger partial charge < -0.3 is 9.15 Å². The van der Waals surface area contributed by atoms with Crippen LogP contribution in [-0.2, 0) is 4.74 Å². The van der Waals surface area contributed by atoms with Gasteiger partial charge >= 0.3 is 5.97 Å². The Labute approximate surface area is 111 Å². The maximum atomic E-state index is 11.9. The molecular formula is C15H15NO3. The summed E-state index contributed by atoms with van der Waals surface area (Å²) < 4.78 is 10.7. The number of oxazole rings is 1. The van der Waals surface area contributed by atoms with Crippen molar-refractivity contribution in [2.24, 2.45) is 0 Å². The standard InChI is InChI=1S/C15H15NO3/c1-2-18-15(17)13-12(10-6-4-3-5-7-10)16-14(19-13)11-8-9-11/h3-7,11H,2,8-9H2,1H3.